The van der Waals surface area contributed by atoms with Gasteiger partial charge in [0.2, 0.25) is 0 Å². The van der Waals surface area contributed by atoms with Crippen molar-refractivity contribution in [1.29, 1.82) is 0 Å². The van der Waals surface area contributed by atoms with Gasteiger partial charge < -0.3 is 14.3 Å². The Morgan fingerprint density at radius 3 is 2.39 bits per heavy atom. The normalized spacial score (nSPS) is 11.6. The van der Waals surface area contributed by atoms with Crippen molar-refractivity contribution < 1.29 is 22.2 Å². The van der Waals surface area contributed by atoms with Crippen molar-refractivity contribution in [2.45, 2.75) is 4.90 Å². The van der Waals surface area contributed by atoms with Gasteiger partial charge in [-0.2, -0.15) is 0 Å². The van der Waals surface area contributed by atoms with Crippen LogP contribution >= 0.6 is 0 Å². The van der Waals surface area contributed by atoms with E-state index in [1.54, 1.807) is 36.4 Å². The minimum absolute atomic E-state index is 0.0469. The van der Waals surface area contributed by atoms with Crippen molar-refractivity contribution in [1.82, 2.24) is 0 Å². The Labute approximate surface area is 159 Å². The highest BCUT2D eigenvalue weighted by atomic mass is 32.2. The summed E-state index contributed by atoms with van der Waals surface area (Å²) in [6.45, 7) is 0. The van der Waals surface area contributed by atoms with E-state index >= 15 is 0 Å². The van der Waals surface area contributed by atoms with Crippen LogP contribution in [0.4, 0.5) is 5.69 Å². The second-order valence-corrected chi connectivity index (χ2v) is 7.46. The lowest BCUT2D eigenvalue weighted by molar-refractivity contribution is 0.102. The van der Waals surface area contributed by atoms with Crippen LogP contribution in [0.3, 0.4) is 0 Å². The molecule has 7 nitrogen and oxygen atoms in total. The second-order valence-electron chi connectivity index (χ2n) is 6.08. The van der Waals surface area contributed by atoms with E-state index in [4.69, 9.17) is 4.42 Å². The van der Waals surface area contributed by atoms with E-state index in [1.807, 2.05) is 0 Å². The number of nitrogens with one attached hydrogen (secondary N) is 1. The molecule has 1 heterocycles. The van der Waals surface area contributed by atoms with Crippen LogP contribution in [0.25, 0.3) is 21.7 Å². The molecule has 1 aromatic heterocycles. The maximum absolute atomic E-state index is 12.3. The minimum atomic E-state index is -4.59. The molecule has 28 heavy (non-hydrogen) atoms. The fourth-order valence-electron chi connectivity index (χ4n) is 2.93. The lowest BCUT2D eigenvalue weighted by Gasteiger charge is -2.10. The van der Waals surface area contributed by atoms with Crippen LogP contribution in [0.5, 0.6) is 0 Å². The van der Waals surface area contributed by atoms with E-state index in [0.717, 1.165) is 0 Å². The minimum Gasteiger partial charge on any atom is -0.744 e. The first-order valence-electron chi connectivity index (χ1n) is 8.16. The fraction of sp³-hybridized carbons (Fsp3) is 0. The monoisotopic (exact) mass is 394 g/mol. The highest BCUT2D eigenvalue weighted by molar-refractivity contribution is 7.85. The van der Waals surface area contributed by atoms with E-state index < -0.39 is 21.7 Å². The summed E-state index contributed by atoms with van der Waals surface area (Å²) in [7, 11) is -4.59. The molecule has 0 aliphatic heterocycles. The molecule has 0 fully saturated rings. The summed E-state index contributed by atoms with van der Waals surface area (Å²) in [5.74, 6) is -0.466. The van der Waals surface area contributed by atoms with Crippen LogP contribution in [-0.2, 0) is 10.1 Å². The van der Waals surface area contributed by atoms with Crippen LogP contribution in [0.15, 0.2) is 80.8 Å². The molecule has 0 saturated heterocycles. The molecule has 0 aliphatic rings. The SMILES string of the molecule is O=C(Nc1cc2c(ccc3cc(S(=O)(=O)[O-])ccc32)oc1=O)c1ccccc1. The summed E-state index contributed by atoms with van der Waals surface area (Å²) in [4.78, 5) is 24.2. The molecule has 1 N–H and O–H groups in total. The fourth-order valence-corrected chi connectivity index (χ4v) is 3.44. The van der Waals surface area contributed by atoms with Crippen LogP contribution < -0.4 is 10.9 Å². The van der Waals surface area contributed by atoms with Crippen molar-refractivity contribution in [3.63, 3.8) is 0 Å². The van der Waals surface area contributed by atoms with Gasteiger partial charge in [0.1, 0.15) is 21.4 Å². The molecule has 4 rings (SSSR count). The highest BCUT2D eigenvalue weighted by Crippen LogP contribution is 2.28. The number of hydrogen-bond acceptors (Lipinski definition) is 6. The van der Waals surface area contributed by atoms with Crippen molar-refractivity contribution in [3.8, 4) is 0 Å². The molecule has 0 spiro atoms. The molecule has 0 radical (unpaired) electrons. The van der Waals surface area contributed by atoms with E-state index in [2.05, 4.69) is 5.32 Å². The predicted molar refractivity (Wildman–Crippen MR) is 102 cm³/mol. The van der Waals surface area contributed by atoms with Gasteiger partial charge in [-0.25, -0.2) is 13.2 Å². The number of hydrogen-bond donors (Lipinski definition) is 1. The Bertz CT molecular complexity index is 1390. The molecular weight excluding hydrogens is 382 g/mol. The van der Waals surface area contributed by atoms with Crippen molar-refractivity contribution in [2.75, 3.05) is 5.32 Å². The Balaban J connectivity index is 1.84. The van der Waals surface area contributed by atoms with Gasteiger partial charge in [0.05, 0.1) is 4.90 Å². The molecule has 3 aromatic carbocycles. The zero-order valence-corrected chi connectivity index (χ0v) is 15.0. The van der Waals surface area contributed by atoms with E-state index in [9.17, 15) is 22.6 Å². The quantitative estimate of drug-likeness (QED) is 0.324. The maximum atomic E-state index is 12.3. The molecule has 140 valence electrons. The number of fused-ring (bicyclic) bond motifs is 3. The predicted octanol–water partition coefficient (Wildman–Crippen LogP) is 3.10. The summed E-state index contributed by atoms with van der Waals surface area (Å²) >= 11 is 0. The molecule has 1 amide bonds. The van der Waals surface area contributed by atoms with Gasteiger partial charge in [0.25, 0.3) is 5.91 Å². The van der Waals surface area contributed by atoms with Crippen molar-refractivity contribution in [2.24, 2.45) is 0 Å². The zero-order valence-electron chi connectivity index (χ0n) is 14.2. The van der Waals surface area contributed by atoms with Crippen LogP contribution in [0.2, 0.25) is 0 Å². The smallest absolute Gasteiger partial charge is 0.360 e. The summed E-state index contributed by atoms with van der Waals surface area (Å²) in [5, 5.41) is 4.08. The molecule has 0 unspecified atom stereocenters. The first-order valence-corrected chi connectivity index (χ1v) is 9.57. The third-order valence-corrected chi connectivity index (χ3v) is 5.11. The zero-order chi connectivity index (χ0) is 19.9. The van der Waals surface area contributed by atoms with Gasteiger partial charge in [-0.05, 0) is 47.2 Å². The van der Waals surface area contributed by atoms with Crippen LogP contribution in [0.1, 0.15) is 10.4 Å². The first kappa shape index (κ1) is 17.9. The number of rotatable bonds is 3. The van der Waals surface area contributed by atoms with Gasteiger partial charge in [0, 0.05) is 10.9 Å². The van der Waals surface area contributed by atoms with Gasteiger partial charge >= 0.3 is 5.63 Å². The largest absolute Gasteiger partial charge is 0.744 e. The third kappa shape index (κ3) is 3.26. The van der Waals surface area contributed by atoms with Crippen LogP contribution in [0, 0.1) is 0 Å². The molecular formula is C20H12NO6S-. The van der Waals surface area contributed by atoms with Crippen LogP contribution in [-0.4, -0.2) is 18.9 Å². The average molecular weight is 394 g/mol. The first-order chi connectivity index (χ1) is 13.3. The number of anilines is 1. The maximum Gasteiger partial charge on any atom is 0.360 e. The van der Waals surface area contributed by atoms with E-state index in [-0.39, 0.29) is 16.2 Å². The van der Waals surface area contributed by atoms with Gasteiger partial charge in [-0.3, -0.25) is 4.79 Å². The number of carbonyl (C=O) groups excluding carboxylic acids is 1. The summed E-state index contributed by atoms with van der Waals surface area (Å²) in [5.41, 5.74) is -0.109. The lowest BCUT2D eigenvalue weighted by Crippen LogP contribution is -2.17. The summed E-state index contributed by atoms with van der Waals surface area (Å²) in [6, 6.07) is 16.8. The van der Waals surface area contributed by atoms with Gasteiger partial charge in [-0.15, -0.1) is 0 Å². The number of carbonyl (C=O) groups is 1. The molecule has 0 aliphatic carbocycles. The molecule has 0 atom stereocenters. The number of amides is 1. The molecule has 4 aromatic rings. The van der Waals surface area contributed by atoms with Gasteiger partial charge in [-0.1, -0.05) is 30.3 Å². The topological polar surface area (TPSA) is 117 Å². The second kappa shape index (κ2) is 6.59. The third-order valence-electron chi connectivity index (χ3n) is 4.28. The number of benzene rings is 3. The van der Waals surface area contributed by atoms with Crippen molar-refractivity contribution in [3.05, 3.63) is 82.7 Å². The molecule has 8 heteroatoms. The Morgan fingerprint density at radius 1 is 0.929 bits per heavy atom. The van der Waals surface area contributed by atoms with Crippen molar-refractivity contribution >= 4 is 43.5 Å². The highest BCUT2D eigenvalue weighted by Gasteiger charge is 2.13. The Morgan fingerprint density at radius 2 is 1.68 bits per heavy atom. The van der Waals surface area contributed by atoms with Gasteiger partial charge in [0.15, 0.2) is 0 Å². The molecule has 0 bridgehead atoms. The summed E-state index contributed by atoms with van der Waals surface area (Å²) in [6.07, 6.45) is 0. The Hall–Kier alpha value is -3.49. The average Bonchev–Trinajstić information content (AvgIpc) is 2.68. The van der Waals surface area contributed by atoms with E-state index in [0.29, 0.717) is 21.7 Å². The lowest BCUT2D eigenvalue weighted by atomic mass is 10.1. The summed E-state index contributed by atoms with van der Waals surface area (Å²) < 4.78 is 39.0. The standard InChI is InChI=1S/C20H13NO6S/c22-19(12-4-2-1-3-5-12)21-17-11-16-15-8-7-14(28(24,25)26)10-13(15)6-9-18(16)27-20(17)23/h1-11H,(H,21,22)(H,24,25,26)/p-1. The molecule has 0 saturated carbocycles. The van der Waals surface area contributed by atoms with E-state index in [1.165, 1.54) is 30.3 Å². The Kier molecular flexibility index (Phi) is 4.21.